The number of nitrogens with two attached hydrogens (primary N) is 1. The van der Waals surface area contributed by atoms with Gasteiger partial charge in [-0.1, -0.05) is 44.5 Å². The van der Waals surface area contributed by atoms with Gasteiger partial charge in [-0.25, -0.2) is 0 Å². The smallest absolute Gasteiger partial charge is 0.417 e. The summed E-state index contributed by atoms with van der Waals surface area (Å²) < 4.78 is 37.8. The third-order valence-corrected chi connectivity index (χ3v) is 3.74. The van der Waals surface area contributed by atoms with Crippen LogP contribution >= 0.6 is 11.6 Å². The summed E-state index contributed by atoms with van der Waals surface area (Å²) >= 11 is 5.74. The van der Waals surface area contributed by atoms with Gasteiger partial charge in [0.05, 0.1) is 10.6 Å². The lowest BCUT2D eigenvalue weighted by molar-refractivity contribution is -0.137. The molecular weight excluding hydrogens is 379 g/mol. The zero-order valence-electron chi connectivity index (χ0n) is 15.6. The van der Waals surface area contributed by atoms with Crippen LogP contribution in [-0.2, 0) is 12.7 Å². The molecule has 1 heterocycles. The summed E-state index contributed by atoms with van der Waals surface area (Å²) in [4.78, 5) is 14.5. The van der Waals surface area contributed by atoms with E-state index < -0.39 is 17.6 Å². The maximum atomic E-state index is 12.6. The molecule has 0 saturated carbocycles. The molecule has 2 rings (SSSR count). The highest BCUT2D eigenvalue weighted by atomic mass is 35.5. The number of aryl methyl sites for hydroxylation is 1. The lowest BCUT2D eigenvalue weighted by Crippen LogP contribution is -2.13. The average Bonchev–Trinajstić information content (AvgIpc) is 2.52. The van der Waals surface area contributed by atoms with Crippen molar-refractivity contribution in [2.24, 2.45) is 5.73 Å². The minimum absolute atomic E-state index is 0.187. The third-order valence-electron chi connectivity index (χ3n) is 3.29. The Morgan fingerprint density at radius 3 is 2.30 bits per heavy atom. The van der Waals surface area contributed by atoms with Crippen molar-refractivity contribution in [1.29, 1.82) is 0 Å². The standard InChI is InChI=1S/C12H14ClF3N.C7H8N2O/c1-11(2,3)17-7-8-5-4-6-9(10(8)13)12(14,15)16;1-5-4-6(7(8)10)2-3-9-5/h4-6H,7H2,1-3H3;2-4H,1H3,(H2,8,10)/q-1;. The fourth-order valence-corrected chi connectivity index (χ4v) is 2.23. The monoisotopic (exact) mass is 400 g/mol. The van der Waals surface area contributed by atoms with E-state index in [2.05, 4.69) is 10.3 Å². The number of halogens is 4. The van der Waals surface area contributed by atoms with E-state index in [1.54, 1.807) is 24.4 Å². The quantitative estimate of drug-likeness (QED) is 0.736. The number of benzene rings is 1. The summed E-state index contributed by atoms with van der Waals surface area (Å²) in [6.07, 6.45) is -2.86. The second-order valence-corrected chi connectivity index (χ2v) is 7.19. The van der Waals surface area contributed by atoms with Gasteiger partial charge >= 0.3 is 6.18 Å². The first-order chi connectivity index (χ1) is 12.3. The largest absolute Gasteiger partial charge is 0.654 e. The fraction of sp³-hybridized carbons (Fsp3) is 0.368. The Hall–Kier alpha value is -2.12. The Labute approximate surface area is 161 Å². The highest BCUT2D eigenvalue weighted by Gasteiger charge is 2.33. The van der Waals surface area contributed by atoms with Crippen molar-refractivity contribution in [2.75, 3.05) is 0 Å². The minimum atomic E-state index is -4.42. The Bertz CT molecular complexity index is 786. The van der Waals surface area contributed by atoms with Gasteiger partial charge in [-0.2, -0.15) is 13.2 Å². The average molecular weight is 401 g/mol. The number of hydrogen-bond acceptors (Lipinski definition) is 2. The van der Waals surface area contributed by atoms with Gasteiger partial charge in [0.15, 0.2) is 0 Å². The van der Waals surface area contributed by atoms with Crippen LogP contribution in [0, 0.1) is 6.92 Å². The summed E-state index contributed by atoms with van der Waals surface area (Å²) in [5, 5.41) is 4.00. The number of rotatable bonds is 3. The van der Waals surface area contributed by atoms with Gasteiger partial charge in [-0.15, -0.1) is 12.1 Å². The second kappa shape index (κ2) is 9.19. The Morgan fingerprint density at radius 1 is 1.22 bits per heavy atom. The minimum Gasteiger partial charge on any atom is -0.654 e. The molecule has 0 radical (unpaired) electrons. The van der Waals surface area contributed by atoms with Gasteiger partial charge in [0.1, 0.15) is 0 Å². The van der Waals surface area contributed by atoms with E-state index in [0.717, 1.165) is 11.8 Å². The number of carbonyl (C=O) groups excluding carboxylic acids is 1. The molecule has 2 aromatic rings. The molecule has 1 aromatic heterocycles. The molecular formula is C19H22ClF3N3O-. The maximum absolute atomic E-state index is 12.6. The molecule has 2 N–H and O–H groups in total. The van der Waals surface area contributed by atoms with Crippen LogP contribution in [0.3, 0.4) is 0 Å². The van der Waals surface area contributed by atoms with Crippen LogP contribution in [-0.4, -0.2) is 16.4 Å². The van der Waals surface area contributed by atoms with Gasteiger partial charge in [-0.3, -0.25) is 9.78 Å². The van der Waals surface area contributed by atoms with Gasteiger partial charge < -0.3 is 11.1 Å². The number of pyridine rings is 1. The van der Waals surface area contributed by atoms with Gasteiger partial charge in [0.25, 0.3) is 0 Å². The Kier molecular flexibility index (Phi) is 7.80. The second-order valence-electron chi connectivity index (χ2n) is 6.81. The van der Waals surface area contributed by atoms with E-state index in [9.17, 15) is 18.0 Å². The Balaban J connectivity index is 0.000000309. The van der Waals surface area contributed by atoms with Crippen LogP contribution < -0.4 is 5.73 Å². The summed E-state index contributed by atoms with van der Waals surface area (Å²) in [6, 6.07) is 7.13. The first-order valence-corrected chi connectivity index (χ1v) is 8.45. The van der Waals surface area contributed by atoms with E-state index in [-0.39, 0.29) is 17.1 Å². The summed E-state index contributed by atoms with van der Waals surface area (Å²) in [7, 11) is 0. The Morgan fingerprint density at radius 2 is 1.85 bits per heavy atom. The van der Waals surface area contributed by atoms with Gasteiger partial charge in [-0.05, 0) is 30.7 Å². The predicted octanol–water partition coefficient (Wildman–Crippen LogP) is 5.52. The van der Waals surface area contributed by atoms with Crippen molar-refractivity contribution < 1.29 is 18.0 Å². The molecule has 0 unspecified atom stereocenters. The van der Waals surface area contributed by atoms with Crippen LogP contribution in [0.25, 0.3) is 5.32 Å². The molecule has 1 aromatic carbocycles. The molecule has 0 aliphatic heterocycles. The molecule has 0 spiro atoms. The highest BCUT2D eigenvalue weighted by Crippen LogP contribution is 2.37. The number of nitrogens with zero attached hydrogens (tertiary/aromatic N) is 2. The van der Waals surface area contributed by atoms with E-state index in [1.165, 1.54) is 6.07 Å². The van der Waals surface area contributed by atoms with E-state index >= 15 is 0 Å². The van der Waals surface area contributed by atoms with Crippen LogP contribution in [0.5, 0.6) is 0 Å². The third kappa shape index (κ3) is 7.97. The fourth-order valence-electron chi connectivity index (χ4n) is 1.94. The van der Waals surface area contributed by atoms with Crippen molar-refractivity contribution in [1.82, 2.24) is 4.98 Å². The van der Waals surface area contributed by atoms with E-state index in [4.69, 9.17) is 17.3 Å². The summed E-state index contributed by atoms with van der Waals surface area (Å²) in [5.41, 5.74) is 5.63. The maximum Gasteiger partial charge on any atom is 0.417 e. The molecule has 0 aliphatic carbocycles. The number of aromatic nitrogens is 1. The zero-order valence-corrected chi connectivity index (χ0v) is 16.3. The predicted molar refractivity (Wildman–Crippen MR) is 101 cm³/mol. The number of primary amides is 1. The molecule has 148 valence electrons. The number of alkyl halides is 3. The SMILES string of the molecule is CC(C)(C)[N-]Cc1cccc(C(F)(F)F)c1Cl.Cc1cc(C(N)=O)ccn1. The molecule has 8 heteroatoms. The normalized spacial score (nSPS) is 11.6. The van der Waals surface area contributed by atoms with Gasteiger partial charge in [0, 0.05) is 17.5 Å². The first-order valence-electron chi connectivity index (χ1n) is 8.07. The molecule has 4 nitrogen and oxygen atoms in total. The summed E-state index contributed by atoms with van der Waals surface area (Å²) in [6.45, 7) is 7.65. The van der Waals surface area contributed by atoms with Crippen molar-refractivity contribution in [3.63, 3.8) is 0 Å². The van der Waals surface area contributed by atoms with Gasteiger partial charge in [0.2, 0.25) is 5.91 Å². The molecule has 0 aliphatic rings. The van der Waals surface area contributed by atoms with Crippen molar-refractivity contribution in [2.45, 2.75) is 46.0 Å². The van der Waals surface area contributed by atoms with Crippen molar-refractivity contribution in [3.8, 4) is 0 Å². The lowest BCUT2D eigenvalue weighted by Gasteiger charge is -2.37. The number of amides is 1. The van der Waals surface area contributed by atoms with E-state index in [1.807, 2.05) is 27.7 Å². The molecule has 0 fully saturated rings. The van der Waals surface area contributed by atoms with Crippen LogP contribution in [0.2, 0.25) is 5.02 Å². The molecule has 0 bridgehead atoms. The number of carbonyl (C=O) groups is 1. The number of hydrogen-bond donors (Lipinski definition) is 1. The zero-order chi connectivity index (χ0) is 20.8. The molecule has 1 amide bonds. The van der Waals surface area contributed by atoms with Crippen LogP contribution in [0.1, 0.15) is 48.0 Å². The first kappa shape index (κ1) is 22.9. The van der Waals surface area contributed by atoms with E-state index in [0.29, 0.717) is 11.1 Å². The lowest BCUT2D eigenvalue weighted by atomic mass is 10.1. The molecule has 0 atom stereocenters. The van der Waals surface area contributed by atoms with Crippen LogP contribution in [0.4, 0.5) is 13.2 Å². The highest BCUT2D eigenvalue weighted by molar-refractivity contribution is 6.32. The van der Waals surface area contributed by atoms with Crippen molar-refractivity contribution >= 4 is 17.5 Å². The van der Waals surface area contributed by atoms with Crippen molar-refractivity contribution in [3.05, 3.63) is 69.3 Å². The molecule has 27 heavy (non-hydrogen) atoms. The topological polar surface area (TPSA) is 70.1 Å². The molecule has 0 saturated heterocycles. The summed E-state index contributed by atoms with van der Waals surface area (Å²) in [5.74, 6) is -0.412. The van der Waals surface area contributed by atoms with Crippen LogP contribution in [0.15, 0.2) is 36.5 Å².